The van der Waals surface area contributed by atoms with Crippen LogP contribution < -0.4 is 10.6 Å². The van der Waals surface area contributed by atoms with Gasteiger partial charge in [0.05, 0.1) is 23.4 Å². The van der Waals surface area contributed by atoms with Crippen molar-refractivity contribution in [2.45, 2.75) is 26.3 Å². The minimum Gasteiger partial charge on any atom is -0.478 e. The molecule has 2 amide bonds. The third-order valence-electron chi connectivity index (χ3n) is 2.70. The van der Waals surface area contributed by atoms with E-state index in [-0.39, 0.29) is 5.56 Å². The van der Waals surface area contributed by atoms with Crippen molar-refractivity contribution in [2.75, 3.05) is 19.0 Å². The summed E-state index contributed by atoms with van der Waals surface area (Å²) in [6, 6.07) is 4.36. The Kier molecular flexibility index (Phi) is 5.10. The van der Waals surface area contributed by atoms with Crippen molar-refractivity contribution in [3.63, 3.8) is 0 Å². The van der Waals surface area contributed by atoms with Crippen molar-refractivity contribution in [1.29, 1.82) is 0 Å². The van der Waals surface area contributed by atoms with E-state index in [1.807, 2.05) is 13.8 Å². The first-order chi connectivity index (χ1) is 9.26. The van der Waals surface area contributed by atoms with Gasteiger partial charge in [-0.3, -0.25) is 0 Å². The number of rotatable bonds is 5. The first-order valence-electron chi connectivity index (χ1n) is 6.18. The van der Waals surface area contributed by atoms with Crippen molar-refractivity contribution in [3.8, 4) is 0 Å². The predicted octanol–water partition coefficient (Wildman–Crippen LogP) is 2.24. The molecule has 0 aliphatic rings. The number of carboxylic acids is 1. The topological polar surface area (TPSA) is 87.7 Å². The number of carbonyl (C=O) groups is 2. The summed E-state index contributed by atoms with van der Waals surface area (Å²) in [5, 5.41) is 14.4. The molecule has 6 nitrogen and oxygen atoms in total. The molecule has 0 aliphatic heterocycles. The molecule has 0 atom stereocenters. The number of hydrogen-bond acceptors (Lipinski definition) is 3. The van der Waals surface area contributed by atoms with Gasteiger partial charge in [-0.25, -0.2) is 9.59 Å². The molecule has 0 radical (unpaired) electrons. The van der Waals surface area contributed by atoms with E-state index in [4.69, 9.17) is 9.84 Å². The number of benzene rings is 1. The smallest absolute Gasteiger partial charge is 0.337 e. The highest BCUT2D eigenvalue weighted by molar-refractivity contribution is 6.01. The standard InChI is InChI=1S/C14H20N2O4/c1-9-6-5-7-10(12(17)18)11(9)15-13(19)16-14(2,3)8-20-4/h5-7H,8H2,1-4H3,(H,17,18)(H2,15,16,19). The highest BCUT2D eigenvalue weighted by atomic mass is 16.5. The number of amides is 2. The molecule has 0 bridgehead atoms. The SMILES string of the molecule is COCC(C)(C)NC(=O)Nc1c(C)cccc1C(=O)O. The predicted molar refractivity (Wildman–Crippen MR) is 76.2 cm³/mol. The van der Waals surface area contributed by atoms with Crippen LogP contribution in [0, 0.1) is 6.92 Å². The number of methoxy groups -OCH3 is 1. The van der Waals surface area contributed by atoms with Crippen LogP contribution in [0.3, 0.4) is 0 Å². The zero-order valence-electron chi connectivity index (χ0n) is 12.1. The third kappa shape index (κ3) is 4.24. The zero-order valence-corrected chi connectivity index (χ0v) is 12.1. The number of anilines is 1. The number of carbonyl (C=O) groups excluding carboxylic acids is 1. The van der Waals surface area contributed by atoms with Gasteiger partial charge in [-0.05, 0) is 32.4 Å². The molecule has 110 valence electrons. The lowest BCUT2D eigenvalue weighted by Crippen LogP contribution is -2.48. The van der Waals surface area contributed by atoms with E-state index in [9.17, 15) is 9.59 Å². The van der Waals surface area contributed by atoms with E-state index in [0.717, 1.165) is 0 Å². The molecular formula is C14H20N2O4. The Labute approximate surface area is 118 Å². The van der Waals surface area contributed by atoms with Gasteiger partial charge in [0.1, 0.15) is 0 Å². The van der Waals surface area contributed by atoms with Crippen LogP contribution in [0.15, 0.2) is 18.2 Å². The minimum absolute atomic E-state index is 0.0599. The van der Waals surface area contributed by atoms with Crippen molar-refractivity contribution in [2.24, 2.45) is 0 Å². The second-order valence-corrected chi connectivity index (χ2v) is 5.20. The molecule has 0 unspecified atom stereocenters. The number of para-hydroxylation sites is 1. The van der Waals surface area contributed by atoms with Crippen molar-refractivity contribution in [1.82, 2.24) is 5.32 Å². The van der Waals surface area contributed by atoms with Gasteiger partial charge in [-0.2, -0.15) is 0 Å². The number of nitrogens with one attached hydrogen (secondary N) is 2. The molecule has 0 saturated carbocycles. The fourth-order valence-electron chi connectivity index (χ4n) is 1.86. The van der Waals surface area contributed by atoms with E-state index in [1.165, 1.54) is 6.07 Å². The Morgan fingerprint density at radius 2 is 2.00 bits per heavy atom. The Balaban J connectivity index is 2.89. The van der Waals surface area contributed by atoms with E-state index in [1.54, 1.807) is 26.2 Å². The Bertz CT molecular complexity index is 512. The van der Waals surface area contributed by atoms with Crippen molar-refractivity contribution >= 4 is 17.7 Å². The Morgan fingerprint density at radius 3 is 2.55 bits per heavy atom. The maximum absolute atomic E-state index is 12.0. The monoisotopic (exact) mass is 280 g/mol. The lowest BCUT2D eigenvalue weighted by Gasteiger charge is -2.25. The molecule has 20 heavy (non-hydrogen) atoms. The zero-order chi connectivity index (χ0) is 15.3. The van der Waals surface area contributed by atoms with Crippen LogP contribution in [0.1, 0.15) is 29.8 Å². The minimum atomic E-state index is -1.08. The molecule has 0 aromatic heterocycles. The van der Waals surface area contributed by atoms with Gasteiger partial charge >= 0.3 is 12.0 Å². The van der Waals surface area contributed by atoms with Crippen molar-refractivity contribution in [3.05, 3.63) is 29.3 Å². The van der Waals surface area contributed by atoms with Gasteiger partial charge in [-0.15, -0.1) is 0 Å². The number of aryl methyl sites for hydroxylation is 1. The van der Waals surface area contributed by atoms with Crippen LogP contribution >= 0.6 is 0 Å². The third-order valence-corrected chi connectivity index (χ3v) is 2.70. The normalized spacial score (nSPS) is 11.0. The number of hydrogen-bond donors (Lipinski definition) is 3. The summed E-state index contributed by atoms with van der Waals surface area (Å²) >= 11 is 0. The van der Waals surface area contributed by atoms with Gasteiger partial charge in [-0.1, -0.05) is 12.1 Å². The maximum atomic E-state index is 12.0. The van der Waals surface area contributed by atoms with Crippen LogP contribution in [-0.4, -0.2) is 36.4 Å². The molecule has 6 heteroatoms. The van der Waals surface area contributed by atoms with Crippen LogP contribution in [-0.2, 0) is 4.74 Å². The molecule has 1 aromatic rings. The average Bonchev–Trinajstić information content (AvgIpc) is 2.30. The van der Waals surface area contributed by atoms with E-state index in [2.05, 4.69) is 10.6 Å². The summed E-state index contributed by atoms with van der Waals surface area (Å²) in [4.78, 5) is 23.1. The summed E-state index contributed by atoms with van der Waals surface area (Å²) in [6.07, 6.45) is 0. The molecule has 0 aliphatic carbocycles. The van der Waals surface area contributed by atoms with Crippen molar-refractivity contribution < 1.29 is 19.4 Å². The van der Waals surface area contributed by atoms with Gasteiger partial charge in [0.25, 0.3) is 0 Å². The van der Waals surface area contributed by atoms with Gasteiger partial charge in [0.2, 0.25) is 0 Å². The molecular weight excluding hydrogens is 260 g/mol. The lowest BCUT2D eigenvalue weighted by molar-refractivity contribution is 0.0698. The second kappa shape index (κ2) is 6.38. The summed E-state index contributed by atoms with van der Waals surface area (Å²) in [7, 11) is 1.55. The number of urea groups is 1. The quantitative estimate of drug-likeness (QED) is 0.772. The maximum Gasteiger partial charge on any atom is 0.337 e. The largest absolute Gasteiger partial charge is 0.478 e. The fraction of sp³-hybridized carbons (Fsp3) is 0.429. The summed E-state index contributed by atoms with van der Waals surface area (Å²) in [5.74, 6) is -1.08. The number of aromatic carboxylic acids is 1. The highest BCUT2D eigenvalue weighted by Crippen LogP contribution is 2.20. The molecule has 0 fully saturated rings. The van der Waals surface area contributed by atoms with E-state index < -0.39 is 17.5 Å². The number of carboxylic acid groups (broad SMARTS) is 1. The van der Waals surface area contributed by atoms with Crippen LogP contribution in [0.5, 0.6) is 0 Å². The lowest BCUT2D eigenvalue weighted by atomic mass is 10.1. The van der Waals surface area contributed by atoms with Gasteiger partial charge in [0.15, 0.2) is 0 Å². The molecule has 0 heterocycles. The molecule has 0 saturated heterocycles. The summed E-state index contributed by atoms with van der Waals surface area (Å²) in [6.45, 7) is 5.71. The van der Waals surface area contributed by atoms with Gasteiger partial charge < -0.3 is 20.5 Å². The molecule has 1 rings (SSSR count). The summed E-state index contributed by atoms with van der Waals surface area (Å²) in [5.41, 5.74) is 0.491. The molecule has 3 N–H and O–H groups in total. The van der Waals surface area contributed by atoms with Crippen LogP contribution in [0.25, 0.3) is 0 Å². The molecule has 0 spiro atoms. The van der Waals surface area contributed by atoms with Gasteiger partial charge in [0, 0.05) is 7.11 Å². The van der Waals surface area contributed by atoms with Crippen LogP contribution in [0.4, 0.5) is 10.5 Å². The van der Waals surface area contributed by atoms with E-state index >= 15 is 0 Å². The van der Waals surface area contributed by atoms with E-state index in [0.29, 0.717) is 17.9 Å². The first kappa shape index (κ1) is 16.0. The Morgan fingerprint density at radius 1 is 1.35 bits per heavy atom. The van der Waals surface area contributed by atoms with Crippen LogP contribution in [0.2, 0.25) is 0 Å². The summed E-state index contributed by atoms with van der Waals surface area (Å²) < 4.78 is 5.01. The fourth-order valence-corrected chi connectivity index (χ4v) is 1.86. The second-order valence-electron chi connectivity index (χ2n) is 5.20. The highest BCUT2D eigenvalue weighted by Gasteiger charge is 2.21. The first-order valence-corrected chi connectivity index (χ1v) is 6.18. The average molecular weight is 280 g/mol. The Hall–Kier alpha value is -2.08. The number of ether oxygens (including phenoxy) is 1. The molecule has 1 aromatic carbocycles.